The first-order valence-corrected chi connectivity index (χ1v) is 10.3. The maximum absolute atomic E-state index is 12.9. The Morgan fingerprint density at radius 2 is 1.58 bits per heavy atom. The number of azo groups is 1. The van der Waals surface area contributed by atoms with E-state index in [4.69, 9.17) is 0 Å². The van der Waals surface area contributed by atoms with Crippen LogP contribution in [0.3, 0.4) is 0 Å². The molecule has 0 atom stereocenters. The van der Waals surface area contributed by atoms with Gasteiger partial charge in [-0.2, -0.15) is 23.4 Å². The molecule has 0 aliphatic carbocycles. The molecule has 0 spiro atoms. The van der Waals surface area contributed by atoms with Crippen LogP contribution in [-0.2, 0) is 11.0 Å². The van der Waals surface area contributed by atoms with Crippen LogP contribution in [0.15, 0.2) is 87.9 Å². The molecule has 1 aliphatic rings. The van der Waals surface area contributed by atoms with E-state index in [0.717, 1.165) is 28.8 Å². The lowest BCUT2D eigenvalue weighted by Gasteiger charge is -2.11. The van der Waals surface area contributed by atoms with E-state index in [9.17, 15) is 27.9 Å². The standard InChI is InChI=1S/C23H14F3N3O3S/c24-23(25,26)15-5-4-6-16(13-15)27-28-17-9-10-19(30)14(11-17)12-20-21(31)29(22(32)33-20)18-7-2-1-3-8-18/h1-13,30H/b20-12-,28-27?. The number of imide groups is 1. The molecule has 3 aromatic carbocycles. The van der Waals surface area contributed by atoms with Crippen molar-refractivity contribution in [3.8, 4) is 5.75 Å². The maximum atomic E-state index is 12.9. The van der Waals surface area contributed by atoms with E-state index in [1.165, 1.54) is 36.4 Å². The van der Waals surface area contributed by atoms with Crippen molar-refractivity contribution in [1.82, 2.24) is 0 Å². The Bertz CT molecular complexity index is 1290. The topological polar surface area (TPSA) is 82.3 Å². The number of carbonyl (C=O) groups is 2. The quantitative estimate of drug-likeness (QED) is 0.327. The molecular formula is C23H14F3N3O3S. The van der Waals surface area contributed by atoms with Crippen LogP contribution in [0, 0.1) is 0 Å². The maximum Gasteiger partial charge on any atom is 0.416 e. The molecule has 4 rings (SSSR count). The molecule has 1 saturated heterocycles. The largest absolute Gasteiger partial charge is 0.507 e. The van der Waals surface area contributed by atoms with Crippen molar-refractivity contribution in [3.05, 3.63) is 88.8 Å². The van der Waals surface area contributed by atoms with Crippen LogP contribution in [0.5, 0.6) is 5.75 Å². The van der Waals surface area contributed by atoms with Gasteiger partial charge in [0.25, 0.3) is 11.1 Å². The average Bonchev–Trinajstić information content (AvgIpc) is 3.07. The van der Waals surface area contributed by atoms with E-state index < -0.39 is 22.9 Å². The number of rotatable bonds is 4. The number of phenolic OH excluding ortho intramolecular Hbond substituents is 1. The number of alkyl halides is 3. The summed E-state index contributed by atoms with van der Waals surface area (Å²) in [5.74, 6) is -0.703. The SMILES string of the molecule is O=C1S/C(=C\c2cc(N=Nc3cccc(C(F)(F)F)c3)ccc2O)C(=O)N1c1ccccc1. The zero-order chi connectivity index (χ0) is 23.6. The molecule has 0 unspecified atom stereocenters. The fourth-order valence-corrected chi connectivity index (χ4v) is 3.82. The summed E-state index contributed by atoms with van der Waals surface area (Å²) in [5.41, 5.74) is 0.0204. The number of para-hydroxylation sites is 1. The summed E-state index contributed by atoms with van der Waals surface area (Å²) >= 11 is 0.727. The molecule has 33 heavy (non-hydrogen) atoms. The number of amides is 2. The molecule has 6 nitrogen and oxygen atoms in total. The summed E-state index contributed by atoms with van der Waals surface area (Å²) in [5, 5.41) is 17.4. The second-order valence-electron chi connectivity index (χ2n) is 6.84. The number of hydrogen-bond donors (Lipinski definition) is 1. The first kappa shape index (κ1) is 22.3. The summed E-state index contributed by atoms with van der Waals surface area (Å²) < 4.78 is 38.6. The minimum atomic E-state index is -4.50. The number of hydrogen-bond acceptors (Lipinski definition) is 6. The van der Waals surface area contributed by atoms with Crippen LogP contribution in [0.1, 0.15) is 11.1 Å². The van der Waals surface area contributed by atoms with Crippen LogP contribution in [0.2, 0.25) is 0 Å². The van der Waals surface area contributed by atoms with Gasteiger partial charge in [0.05, 0.1) is 27.5 Å². The van der Waals surface area contributed by atoms with Crippen LogP contribution in [-0.4, -0.2) is 16.3 Å². The number of thioether (sulfide) groups is 1. The van der Waals surface area contributed by atoms with Crippen molar-refractivity contribution >= 4 is 46.0 Å². The normalized spacial score (nSPS) is 15.7. The van der Waals surface area contributed by atoms with Crippen LogP contribution in [0.4, 0.5) is 35.0 Å². The third kappa shape index (κ3) is 4.96. The number of benzene rings is 3. The van der Waals surface area contributed by atoms with Crippen molar-refractivity contribution in [1.29, 1.82) is 0 Å². The summed E-state index contributed by atoms with van der Waals surface area (Å²) in [6.07, 6.45) is -3.15. The predicted octanol–water partition coefficient (Wildman–Crippen LogP) is 7.07. The van der Waals surface area contributed by atoms with Crippen LogP contribution < -0.4 is 4.90 Å². The molecule has 166 valence electrons. The Morgan fingerprint density at radius 3 is 2.27 bits per heavy atom. The van der Waals surface area contributed by atoms with Crippen molar-refractivity contribution < 1.29 is 27.9 Å². The fraction of sp³-hybridized carbons (Fsp3) is 0.0435. The first-order chi connectivity index (χ1) is 15.7. The van der Waals surface area contributed by atoms with Gasteiger partial charge in [0.1, 0.15) is 5.75 Å². The monoisotopic (exact) mass is 469 g/mol. The van der Waals surface area contributed by atoms with Gasteiger partial charge < -0.3 is 5.11 Å². The molecule has 10 heteroatoms. The van der Waals surface area contributed by atoms with Gasteiger partial charge in [-0.3, -0.25) is 9.59 Å². The third-order valence-electron chi connectivity index (χ3n) is 4.56. The third-order valence-corrected chi connectivity index (χ3v) is 5.43. The van der Waals surface area contributed by atoms with E-state index in [0.29, 0.717) is 5.69 Å². The molecule has 0 saturated carbocycles. The molecule has 0 bridgehead atoms. The van der Waals surface area contributed by atoms with Crippen LogP contribution >= 0.6 is 11.8 Å². The minimum absolute atomic E-state index is 0.00318. The summed E-state index contributed by atoms with van der Waals surface area (Å²) in [4.78, 5) is 26.2. The second-order valence-corrected chi connectivity index (χ2v) is 7.84. The highest BCUT2D eigenvalue weighted by atomic mass is 32.2. The Kier molecular flexibility index (Phi) is 6.01. The molecule has 1 aliphatic heterocycles. The van der Waals surface area contributed by atoms with E-state index >= 15 is 0 Å². The lowest BCUT2D eigenvalue weighted by Crippen LogP contribution is -2.27. The molecule has 1 heterocycles. The average molecular weight is 469 g/mol. The minimum Gasteiger partial charge on any atom is -0.507 e. The van der Waals surface area contributed by atoms with Gasteiger partial charge in [0, 0.05) is 5.56 Å². The molecule has 1 fully saturated rings. The number of aromatic hydroxyl groups is 1. The lowest BCUT2D eigenvalue weighted by atomic mass is 10.1. The zero-order valence-electron chi connectivity index (χ0n) is 16.7. The number of nitrogens with zero attached hydrogens (tertiary/aromatic N) is 3. The van der Waals surface area contributed by atoms with Gasteiger partial charge in [-0.25, -0.2) is 4.90 Å². The molecular weight excluding hydrogens is 455 g/mol. The summed E-state index contributed by atoms with van der Waals surface area (Å²) in [6, 6.07) is 17.0. The van der Waals surface area contributed by atoms with Gasteiger partial charge in [-0.1, -0.05) is 24.3 Å². The van der Waals surface area contributed by atoms with E-state index in [1.807, 2.05) is 0 Å². The van der Waals surface area contributed by atoms with Gasteiger partial charge in [-0.15, -0.1) is 0 Å². The smallest absolute Gasteiger partial charge is 0.416 e. The second kappa shape index (κ2) is 8.91. The molecule has 3 aromatic rings. The molecule has 0 radical (unpaired) electrons. The molecule has 0 aromatic heterocycles. The van der Waals surface area contributed by atoms with E-state index in [-0.39, 0.29) is 27.6 Å². The van der Waals surface area contributed by atoms with E-state index in [2.05, 4.69) is 10.2 Å². The van der Waals surface area contributed by atoms with Crippen molar-refractivity contribution in [2.75, 3.05) is 4.90 Å². The highest BCUT2D eigenvalue weighted by molar-refractivity contribution is 8.19. The van der Waals surface area contributed by atoms with Gasteiger partial charge >= 0.3 is 6.18 Å². The lowest BCUT2D eigenvalue weighted by molar-refractivity contribution is -0.137. The molecule has 2 amide bonds. The van der Waals surface area contributed by atoms with Crippen molar-refractivity contribution in [3.63, 3.8) is 0 Å². The van der Waals surface area contributed by atoms with Gasteiger partial charge in [0.2, 0.25) is 0 Å². The van der Waals surface area contributed by atoms with Crippen molar-refractivity contribution in [2.45, 2.75) is 6.18 Å². The van der Waals surface area contributed by atoms with E-state index in [1.54, 1.807) is 30.3 Å². The van der Waals surface area contributed by atoms with Gasteiger partial charge in [0.15, 0.2) is 0 Å². The van der Waals surface area contributed by atoms with Crippen molar-refractivity contribution in [2.24, 2.45) is 10.2 Å². The number of phenols is 1. The number of carbonyl (C=O) groups excluding carboxylic acids is 2. The Morgan fingerprint density at radius 1 is 0.879 bits per heavy atom. The fourth-order valence-electron chi connectivity index (χ4n) is 2.99. The Hall–Kier alpha value is -3.92. The highest BCUT2D eigenvalue weighted by Gasteiger charge is 2.36. The zero-order valence-corrected chi connectivity index (χ0v) is 17.5. The van der Waals surface area contributed by atoms with Crippen LogP contribution in [0.25, 0.3) is 6.08 Å². The summed E-state index contributed by atoms with van der Waals surface area (Å²) in [7, 11) is 0. The number of anilines is 1. The Balaban J connectivity index is 1.60. The number of halogens is 3. The molecule has 1 N–H and O–H groups in total. The Labute approximate surface area is 190 Å². The van der Waals surface area contributed by atoms with Gasteiger partial charge in [-0.05, 0) is 66.4 Å². The highest BCUT2D eigenvalue weighted by Crippen LogP contribution is 2.37. The first-order valence-electron chi connectivity index (χ1n) is 9.47. The predicted molar refractivity (Wildman–Crippen MR) is 119 cm³/mol. The summed E-state index contributed by atoms with van der Waals surface area (Å²) in [6.45, 7) is 0.